The van der Waals surface area contributed by atoms with Gasteiger partial charge >= 0.3 is 0 Å². The molecule has 2 atom stereocenters. The van der Waals surface area contributed by atoms with Gasteiger partial charge in [-0.1, -0.05) is 22.0 Å². The van der Waals surface area contributed by atoms with E-state index in [2.05, 4.69) is 47.2 Å². The van der Waals surface area contributed by atoms with Crippen LogP contribution in [0.4, 0.5) is 0 Å². The highest BCUT2D eigenvalue weighted by Crippen LogP contribution is 2.34. The molecule has 1 N–H and O–H groups in total. The van der Waals surface area contributed by atoms with Gasteiger partial charge < -0.3 is 5.32 Å². The van der Waals surface area contributed by atoms with E-state index in [0.717, 1.165) is 10.9 Å². The van der Waals surface area contributed by atoms with E-state index in [0.29, 0.717) is 11.5 Å². The van der Waals surface area contributed by atoms with Crippen molar-refractivity contribution in [2.24, 2.45) is 5.92 Å². The molecule has 0 amide bonds. The van der Waals surface area contributed by atoms with Gasteiger partial charge in [-0.2, -0.15) is 0 Å². The minimum absolute atomic E-state index is 0.115. The summed E-state index contributed by atoms with van der Waals surface area (Å²) in [6, 6.07) is 4.38. The largest absolute Gasteiger partial charge is 0.313 e. The summed E-state index contributed by atoms with van der Waals surface area (Å²) in [7, 11) is -0.930. The SMILES string of the molecule is CNC(c1cc(C)c(Br)cc1C)C1CCS(=O)(=O)C1. The van der Waals surface area contributed by atoms with Crippen molar-refractivity contribution in [1.29, 1.82) is 0 Å². The molecule has 0 spiro atoms. The molecule has 0 bridgehead atoms. The van der Waals surface area contributed by atoms with Gasteiger partial charge in [0.25, 0.3) is 0 Å². The predicted molar refractivity (Wildman–Crippen MR) is 82.2 cm³/mol. The molecule has 1 saturated heterocycles. The molecule has 19 heavy (non-hydrogen) atoms. The number of rotatable bonds is 3. The lowest BCUT2D eigenvalue weighted by molar-refractivity contribution is 0.417. The van der Waals surface area contributed by atoms with Crippen LogP contribution in [-0.4, -0.2) is 27.0 Å². The van der Waals surface area contributed by atoms with Gasteiger partial charge in [0, 0.05) is 10.5 Å². The fourth-order valence-corrected chi connectivity index (χ4v) is 5.17. The summed E-state index contributed by atoms with van der Waals surface area (Å²) in [4.78, 5) is 0. The maximum Gasteiger partial charge on any atom is 0.150 e. The lowest BCUT2D eigenvalue weighted by atomic mass is 9.89. The fraction of sp³-hybridized carbons (Fsp3) is 0.571. The fourth-order valence-electron chi connectivity index (χ4n) is 2.87. The third kappa shape index (κ3) is 3.20. The van der Waals surface area contributed by atoms with E-state index in [9.17, 15) is 8.42 Å². The summed E-state index contributed by atoms with van der Waals surface area (Å²) >= 11 is 3.54. The highest BCUT2D eigenvalue weighted by atomic mass is 79.9. The van der Waals surface area contributed by atoms with Crippen molar-refractivity contribution in [2.45, 2.75) is 26.3 Å². The van der Waals surface area contributed by atoms with Crippen molar-refractivity contribution < 1.29 is 8.42 Å². The summed E-state index contributed by atoms with van der Waals surface area (Å²) < 4.78 is 24.4. The molecule has 106 valence electrons. The molecular formula is C14H20BrNO2S. The minimum Gasteiger partial charge on any atom is -0.313 e. The van der Waals surface area contributed by atoms with Crippen LogP contribution in [0.1, 0.15) is 29.2 Å². The first-order chi connectivity index (χ1) is 8.84. The van der Waals surface area contributed by atoms with Gasteiger partial charge in [-0.15, -0.1) is 0 Å². The predicted octanol–water partition coefficient (Wildman–Crippen LogP) is 2.76. The van der Waals surface area contributed by atoms with E-state index in [-0.39, 0.29) is 12.0 Å². The zero-order chi connectivity index (χ0) is 14.2. The van der Waals surface area contributed by atoms with E-state index in [1.54, 1.807) is 0 Å². The van der Waals surface area contributed by atoms with Gasteiger partial charge in [-0.05, 0) is 56.0 Å². The van der Waals surface area contributed by atoms with E-state index < -0.39 is 9.84 Å². The van der Waals surface area contributed by atoms with Crippen molar-refractivity contribution in [2.75, 3.05) is 18.6 Å². The van der Waals surface area contributed by atoms with Gasteiger partial charge in [0.15, 0.2) is 9.84 Å². The standard InChI is InChI=1S/C14H20BrNO2S/c1-9-7-13(15)10(2)6-12(9)14(16-3)11-4-5-19(17,18)8-11/h6-7,11,14,16H,4-5,8H2,1-3H3. The molecular weight excluding hydrogens is 326 g/mol. The normalized spacial score (nSPS) is 23.5. The first-order valence-electron chi connectivity index (χ1n) is 6.48. The average molecular weight is 346 g/mol. The van der Waals surface area contributed by atoms with Gasteiger partial charge in [-0.25, -0.2) is 8.42 Å². The van der Waals surface area contributed by atoms with E-state index in [1.165, 1.54) is 16.7 Å². The molecule has 1 aliphatic rings. The third-order valence-corrected chi connectivity index (χ3v) is 6.58. The Bertz CT molecular complexity index is 583. The first kappa shape index (κ1) is 15.0. The van der Waals surface area contributed by atoms with Crippen LogP contribution in [0, 0.1) is 19.8 Å². The maximum atomic E-state index is 11.7. The summed E-state index contributed by atoms with van der Waals surface area (Å²) in [6.45, 7) is 4.14. The van der Waals surface area contributed by atoms with E-state index in [4.69, 9.17) is 0 Å². The van der Waals surface area contributed by atoms with Crippen molar-refractivity contribution >= 4 is 25.8 Å². The lowest BCUT2D eigenvalue weighted by Crippen LogP contribution is -2.27. The number of halogens is 1. The lowest BCUT2D eigenvalue weighted by Gasteiger charge is -2.25. The molecule has 1 heterocycles. The number of aryl methyl sites for hydroxylation is 2. The van der Waals surface area contributed by atoms with Crippen LogP contribution in [-0.2, 0) is 9.84 Å². The van der Waals surface area contributed by atoms with Crippen molar-refractivity contribution in [1.82, 2.24) is 5.32 Å². The van der Waals surface area contributed by atoms with Crippen molar-refractivity contribution in [3.05, 3.63) is 33.3 Å². The second kappa shape index (κ2) is 5.54. The number of benzene rings is 1. The summed E-state index contributed by atoms with van der Waals surface area (Å²) in [5, 5.41) is 3.31. The zero-order valence-electron chi connectivity index (χ0n) is 11.5. The van der Waals surface area contributed by atoms with Gasteiger partial charge in [0.1, 0.15) is 0 Å². The second-order valence-corrected chi connectivity index (χ2v) is 8.47. The molecule has 2 unspecified atom stereocenters. The monoisotopic (exact) mass is 345 g/mol. The van der Waals surface area contributed by atoms with Gasteiger partial charge in [0.2, 0.25) is 0 Å². The van der Waals surface area contributed by atoms with E-state index >= 15 is 0 Å². The Labute approximate surface area is 123 Å². The second-order valence-electron chi connectivity index (χ2n) is 5.39. The van der Waals surface area contributed by atoms with E-state index in [1.807, 2.05) is 7.05 Å². The van der Waals surface area contributed by atoms with Crippen LogP contribution in [0.3, 0.4) is 0 Å². The molecule has 0 radical (unpaired) electrons. The summed E-state index contributed by atoms with van der Waals surface area (Å²) in [5.41, 5.74) is 3.59. The molecule has 0 aromatic heterocycles. The highest BCUT2D eigenvalue weighted by Gasteiger charge is 2.34. The zero-order valence-corrected chi connectivity index (χ0v) is 13.9. The van der Waals surface area contributed by atoms with Gasteiger partial charge in [0.05, 0.1) is 11.5 Å². The van der Waals surface area contributed by atoms with Gasteiger partial charge in [-0.3, -0.25) is 0 Å². The third-order valence-electron chi connectivity index (χ3n) is 3.93. The summed E-state index contributed by atoms with van der Waals surface area (Å²) in [5.74, 6) is 0.798. The molecule has 1 aromatic carbocycles. The molecule has 0 saturated carbocycles. The molecule has 2 rings (SSSR count). The number of hydrogen-bond acceptors (Lipinski definition) is 3. The van der Waals surface area contributed by atoms with Crippen LogP contribution in [0.2, 0.25) is 0 Å². The Balaban J connectivity index is 2.35. The molecule has 0 aliphatic carbocycles. The Morgan fingerprint density at radius 1 is 1.32 bits per heavy atom. The Hall–Kier alpha value is -0.390. The van der Waals surface area contributed by atoms with Crippen molar-refractivity contribution in [3.8, 4) is 0 Å². The Morgan fingerprint density at radius 2 is 2.00 bits per heavy atom. The Kier molecular flexibility index (Phi) is 4.38. The maximum absolute atomic E-state index is 11.7. The number of nitrogens with one attached hydrogen (secondary N) is 1. The average Bonchev–Trinajstić information content (AvgIpc) is 2.67. The van der Waals surface area contributed by atoms with Crippen LogP contribution >= 0.6 is 15.9 Å². The molecule has 3 nitrogen and oxygen atoms in total. The quantitative estimate of drug-likeness (QED) is 0.916. The minimum atomic E-state index is -2.84. The van der Waals surface area contributed by atoms with Crippen LogP contribution < -0.4 is 5.32 Å². The first-order valence-corrected chi connectivity index (χ1v) is 9.10. The molecule has 5 heteroatoms. The number of hydrogen-bond donors (Lipinski definition) is 1. The molecule has 1 aliphatic heterocycles. The van der Waals surface area contributed by atoms with Crippen LogP contribution in [0.5, 0.6) is 0 Å². The molecule has 1 aromatic rings. The highest BCUT2D eigenvalue weighted by molar-refractivity contribution is 9.10. The topological polar surface area (TPSA) is 46.2 Å². The van der Waals surface area contributed by atoms with Crippen molar-refractivity contribution in [3.63, 3.8) is 0 Å². The van der Waals surface area contributed by atoms with Crippen LogP contribution in [0.15, 0.2) is 16.6 Å². The number of sulfone groups is 1. The van der Waals surface area contributed by atoms with Crippen LogP contribution in [0.25, 0.3) is 0 Å². The Morgan fingerprint density at radius 3 is 2.53 bits per heavy atom. The smallest absolute Gasteiger partial charge is 0.150 e. The molecule has 1 fully saturated rings. The summed E-state index contributed by atoms with van der Waals surface area (Å²) in [6.07, 6.45) is 0.752.